The summed E-state index contributed by atoms with van der Waals surface area (Å²) in [7, 11) is 1.63. The Morgan fingerprint density at radius 2 is 1.89 bits per heavy atom. The Hall–Kier alpha value is -3.56. The van der Waals surface area contributed by atoms with Crippen molar-refractivity contribution in [2.45, 2.75) is 39.5 Å². The zero-order valence-corrected chi connectivity index (χ0v) is 22.7. The van der Waals surface area contributed by atoms with E-state index in [4.69, 9.17) is 14.2 Å². The van der Waals surface area contributed by atoms with Gasteiger partial charge in [-0.2, -0.15) is 0 Å². The van der Waals surface area contributed by atoms with E-state index >= 15 is 0 Å². The second kappa shape index (κ2) is 12.3. The summed E-state index contributed by atoms with van der Waals surface area (Å²) in [4.78, 5) is 20.2. The van der Waals surface area contributed by atoms with Gasteiger partial charge in [-0.1, -0.05) is 12.1 Å². The molecule has 1 amide bonds. The lowest BCUT2D eigenvalue weighted by molar-refractivity contribution is -0.132. The van der Waals surface area contributed by atoms with Crippen LogP contribution in [0.2, 0.25) is 0 Å². The van der Waals surface area contributed by atoms with Gasteiger partial charge in [0.25, 0.3) is 0 Å². The number of nitrogens with zero attached hydrogens (tertiary/aromatic N) is 4. The highest BCUT2D eigenvalue weighted by Crippen LogP contribution is 2.29. The van der Waals surface area contributed by atoms with Crippen molar-refractivity contribution in [3.05, 3.63) is 71.8 Å². The summed E-state index contributed by atoms with van der Waals surface area (Å²) in [6.45, 7) is 9.24. The number of aromatic nitrogens is 2. The van der Waals surface area contributed by atoms with Crippen molar-refractivity contribution < 1.29 is 24.1 Å². The Labute approximate surface area is 224 Å². The lowest BCUT2D eigenvalue weighted by Crippen LogP contribution is -2.51. The maximum absolute atomic E-state index is 12.3. The number of hydrogen-bond acceptors (Lipinski definition) is 7. The smallest absolute Gasteiger partial charge is 0.219 e. The number of amides is 1. The van der Waals surface area contributed by atoms with Crippen LogP contribution >= 0.6 is 0 Å². The van der Waals surface area contributed by atoms with Crippen LogP contribution in [0.5, 0.6) is 17.2 Å². The molecular weight excluding hydrogens is 484 g/mol. The minimum Gasteiger partial charge on any atom is -0.493 e. The monoisotopic (exact) mass is 522 g/mol. The predicted octanol–water partition coefficient (Wildman–Crippen LogP) is 3.06. The van der Waals surface area contributed by atoms with Crippen LogP contribution in [-0.4, -0.2) is 82.5 Å². The first-order valence-corrected chi connectivity index (χ1v) is 12.9. The van der Waals surface area contributed by atoms with Gasteiger partial charge in [0.05, 0.1) is 26.5 Å². The van der Waals surface area contributed by atoms with Crippen LogP contribution < -0.4 is 14.2 Å². The number of benzene rings is 2. The number of imidazole rings is 1. The molecule has 0 spiro atoms. The molecule has 0 radical (unpaired) electrons. The molecule has 2 heterocycles. The number of methoxy groups -OCH3 is 1. The van der Waals surface area contributed by atoms with Gasteiger partial charge in [0.15, 0.2) is 11.5 Å². The molecule has 4 rings (SSSR count). The Morgan fingerprint density at radius 3 is 2.61 bits per heavy atom. The largest absolute Gasteiger partial charge is 0.493 e. The van der Waals surface area contributed by atoms with Crippen molar-refractivity contribution in [3.63, 3.8) is 0 Å². The summed E-state index contributed by atoms with van der Waals surface area (Å²) in [5, 5.41) is 11.6. The fraction of sp³-hybridized carbons (Fsp3) is 0.448. The third kappa shape index (κ3) is 7.26. The molecule has 38 heavy (non-hydrogen) atoms. The Morgan fingerprint density at radius 1 is 1.05 bits per heavy atom. The van der Waals surface area contributed by atoms with E-state index in [0.29, 0.717) is 56.6 Å². The molecule has 0 unspecified atom stereocenters. The maximum Gasteiger partial charge on any atom is 0.219 e. The van der Waals surface area contributed by atoms with Crippen molar-refractivity contribution in [2.24, 2.45) is 0 Å². The maximum atomic E-state index is 12.3. The van der Waals surface area contributed by atoms with Crippen molar-refractivity contribution in [1.82, 2.24) is 19.4 Å². The van der Waals surface area contributed by atoms with Crippen LogP contribution in [0.15, 0.2) is 55.1 Å². The summed E-state index contributed by atoms with van der Waals surface area (Å²) >= 11 is 0. The lowest BCUT2D eigenvalue weighted by Gasteiger charge is -2.33. The Balaban J connectivity index is 1.43. The number of carbonyl (C=O) groups is 1. The van der Waals surface area contributed by atoms with E-state index < -0.39 is 5.60 Å². The van der Waals surface area contributed by atoms with Gasteiger partial charge in [-0.25, -0.2) is 4.98 Å². The molecule has 1 aromatic heterocycles. The van der Waals surface area contributed by atoms with E-state index in [1.165, 1.54) is 12.5 Å². The average Bonchev–Trinajstić information content (AvgIpc) is 3.35. The van der Waals surface area contributed by atoms with Gasteiger partial charge < -0.3 is 28.8 Å². The summed E-state index contributed by atoms with van der Waals surface area (Å²) in [5.74, 6) is 1.98. The number of hydrogen-bond donors (Lipinski definition) is 1. The van der Waals surface area contributed by atoms with Crippen LogP contribution in [0.1, 0.15) is 23.6 Å². The molecule has 3 aromatic rings. The standard InChI is InChI=1S/C29H38N4O5/c1-22-5-7-26(15-23(22)2)38-20-29(35)18-32(11-12-33(19-29)24(3)34)17-25-6-8-27(28(16-25)36-4)37-14-13-31-10-9-30-21-31/h5-10,15-16,21,35H,11-14,17-20H2,1-4H3/t29-/m1/s1. The van der Waals surface area contributed by atoms with Crippen LogP contribution in [0.25, 0.3) is 0 Å². The van der Waals surface area contributed by atoms with Crippen molar-refractivity contribution >= 4 is 5.91 Å². The second-order valence-electron chi connectivity index (χ2n) is 10.0. The zero-order valence-electron chi connectivity index (χ0n) is 22.7. The van der Waals surface area contributed by atoms with Crippen LogP contribution in [-0.2, 0) is 17.9 Å². The number of rotatable bonds is 10. The molecule has 9 heteroatoms. The van der Waals surface area contributed by atoms with Crippen molar-refractivity contribution in [2.75, 3.05) is 46.5 Å². The topological polar surface area (TPSA) is 89.3 Å². The van der Waals surface area contributed by atoms with Gasteiger partial charge in [-0.15, -0.1) is 0 Å². The van der Waals surface area contributed by atoms with Gasteiger partial charge in [-0.3, -0.25) is 9.69 Å². The number of aryl methyl sites for hydroxylation is 2. The van der Waals surface area contributed by atoms with Crippen molar-refractivity contribution in [1.29, 1.82) is 0 Å². The fourth-order valence-corrected chi connectivity index (χ4v) is 4.63. The van der Waals surface area contributed by atoms with Gasteiger partial charge in [0.2, 0.25) is 5.91 Å². The number of ether oxygens (including phenoxy) is 3. The Kier molecular flexibility index (Phi) is 8.91. The second-order valence-corrected chi connectivity index (χ2v) is 10.0. The van der Waals surface area contributed by atoms with Crippen LogP contribution in [0, 0.1) is 13.8 Å². The van der Waals surface area contributed by atoms with Crippen molar-refractivity contribution in [3.8, 4) is 17.2 Å². The molecule has 1 fully saturated rings. The highest BCUT2D eigenvalue weighted by atomic mass is 16.5. The first-order chi connectivity index (χ1) is 18.2. The Bertz CT molecular complexity index is 1220. The molecule has 1 aliphatic heterocycles. The molecule has 0 saturated carbocycles. The van der Waals surface area contributed by atoms with Gasteiger partial charge in [0, 0.05) is 45.5 Å². The van der Waals surface area contributed by atoms with Gasteiger partial charge in [-0.05, 0) is 54.8 Å². The zero-order chi connectivity index (χ0) is 27.1. The molecule has 204 valence electrons. The van der Waals surface area contributed by atoms with E-state index in [1.54, 1.807) is 24.5 Å². The molecule has 1 N–H and O–H groups in total. The molecule has 1 aliphatic rings. The summed E-state index contributed by atoms with van der Waals surface area (Å²) < 4.78 is 19.5. The summed E-state index contributed by atoms with van der Waals surface area (Å²) in [5.41, 5.74) is 2.12. The highest BCUT2D eigenvalue weighted by Gasteiger charge is 2.37. The van der Waals surface area contributed by atoms with E-state index in [0.717, 1.165) is 11.1 Å². The third-order valence-electron chi connectivity index (χ3n) is 6.92. The fourth-order valence-electron chi connectivity index (χ4n) is 4.63. The number of β-amino-alcohol motifs (C(OH)–C–C–N with tert-alkyl or cyclic N) is 1. The number of aliphatic hydroxyl groups is 1. The van der Waals surface area contributed by atoms with E-state index in [2.05, 4.69) is 16.8 Å². The quantitative estimate of drug-likeness (QED) is 0.438. The molecule has 0 bridgehead atoms. The third-order valence-corrected chi connectivity index (χ3v) is 6.92. The van der Waals surface area contributed by atoms with Crippen LogP contribution in [0.4, 0.5) is 0 Å². The normalized spacial score (nSPS) is 18.2. The first kappa shape index (κ1) is 27.5. The molecule has 0 aliphatic carbocycles. The van der Waals surface area contributed by atoms with Crippen LogP contribution in [0.3, 0.4) is 0 Å². The molecule has 9 nitrogen and oxygen atoms in total. The SMILES string of the molecule is COc1cc(CN2CCN(C(C)=O)C[C@@](O)(COc3ccc(C)c(C)c3)C2)ccc1OCCn1ccnc1. The molecule has 1 saturated heterocycles. The summed E-state index contributed by atoms with van der Waals surface area (Å²) in [6.07, 6.45) is 5.39. The van der Waals surface area contributed by atoms with E-state index in [-0.39, 0.29) is 19.1 Å². The predicted molar refractivity (Wildman–Crippen MR) is 145 cm³/mol. The minimum absolute atomic E-state index is 0.0599. The number of carbonyl (C=O) groups excluding carboxylic acids is 1. The van der Waals surface area contributed by atoms with E-state index in [1.807, 2.05) is 54.1 Å². The van der Waals surface area contributed by atoms with Gasteiger partial charge in [0.1, 0.15) is 24.6 Å². The van der Waals surface area contributed by atoms with E-state index in [9.17, 15) is 9.90 Å². The highest BCUT2D eigenvalue weighted by molar-refractivity contribution is 5.73. The van der Waals surface area contributed by atoms with Gasteiger partial charge >= 0.3 is 0 Å². The minimum atomic E-state index is -1.22. The lowest BCUT2D eigenvalue weighted by atomic mass is 10.0. The molecule has 2 aromatic carbocycles. The summed E-state index contributed by atoms with van der Waals surface area (Å²) in [6, 6.07) is 11.8. The molecule has 1 atom stereocenters. The average molecular weight is 523 g/mol. The molecular formula is C29H38N4O5. The first-order valence-electron chi connectivity index (χ1n) is 12.9.